The van der Waals surface area contributed by atoms with E-state index in [2.05, 4.69) is 0 Å². The van der Waals surface area contributed by atoms with Gasteiger partial charge in [-0.3, -0.25) is 9.59 Å². The minimum absolute atomic E-state index is 0.0736. The Morgan fingerprint density at radius 3 is 2.85 bits per heavy atom. The SMILES string of the molecule is NC1CCC2CN(C(=O)CCC(=O)c3cccs3)CC12. The van der Waals surface area contributed by atoms with E-state index >= 15 is 0 Å². The lowest BCUT2D eigenvalue weighted by molar-refractivity contribution is -0.130. The molecule has 4 nitrogen and oxygen atoms in total. The molecule has 3 rings (SSSR count). The summed E-state index contributed by atoms with van der Waals surface area (Å²) in [7, 11) is 0. The minimum atomic E-state index is 0.0736. The number of amides is 1. The Bertz CT molecular complexity index is 500. The first-order valence-electron chi connectivity index (χ1n) is 7.25. The van der Waals surface area contributed by atoms with Gasteiger partial charge in [-0.2, -0.15) is 0 Å². The van der Waals surface area contributed by atoms with Gasteiger partial charge in [0.25, 0.3) is 0 Å². The van der Waals surface area contributed by atoms with Crippen molar-refractivity contribution in [2.75, 3.05) is 13.1 Å². The van der Waals surface area contributed by atoms with Crippen LogP contribution in [0, 0.1) is 11.8 Å². The summed E-state index contributed by atoms with van der Waals surface area (Å²) in [6.07, 6.45) is 2.88. The highest BCUT2D eigenvalue weighted by molar-refractivity contribution is 7.12. The molecule has 2 N–H and O–H groups in total. The average Bonchev–Trinajstić information content (AvgIpc) is 3.14. The fourth-order valence-electron chi connectivity index (χ4n) is 3.45. The van der Waals surface area contributed by atoms with E-state index in [9.17, 15) is 9.59 Å². The summed E-state index contributed by atoms with van der Waals surface area (Å²) in [6, 6.07) is 3.94. The predicted octanol–water partition coefficient (Wildman–Crippen LogP) is 1.91. The molecule has 1 saturated carbocycles. The summed E-state index contributed by atoms with van der Waals surface area (Å²) in [4.78, 5) is 26.7. The molecule has 1 aromatic heterocycles. The van der Waals surface area contributed by atoms with E-state index in [1.807, 2.05) is 22.4 Å². The summed E-state index contributed by atoms with van der Waals surface area (Å²) in [5.74, 6) is 1.25. The lowest BCUT2D eigenvalue weighted by Crippen LogP contribution is -2.33. The van der Waals surface area contributed by atoms with Crippen LogP contribution in [0.15, 0.2) is 17.5 Å². The second kappa shape index (κ2) is 5.66. The van der Waals surface area contributed by atoms with E-state index in [4.69, 9.17) is 5.73 Å². The summed E-state index contributed by atoms with van der Waals surface area (Å²) >= 11 is 1.44. The number of ketones is 1. The minimum Gasteiger partial charge on any atom is -0.342 e. The molecular weight excluding hydrogens is 272 g/mol. The lowest BCUT2D eigenvalue weighted by atomic mass is 9.98. The molecule has 0 aromatic carbocycles. The second-order valence-electron chi connectivity index (χ2n) is 5.86. The number of fused-ring (bicyclic) bond motifs is 1. The van der Waals surface area contributed by atoms with Gasteiger partial charge in [0.2, 0.25) is 5.91 Å². The molecule has 1 amide bonds. The highest BCUT2D eigenvalue weighted by atomic mass is 32.1. The molecule has 3 unspecified atom stereocenters. The van der Waals surface area contributed by atoms with Crippen molar-refractivity contribution in [1.82, 2.24) is 4.90 Å². The van der Waals surface area contributed by atoms with E-state index in [-0.39, 0.29) is 17.7 Å². The molecule has 1 aromatic rings. The molecule has 20 heavy (non-hydrogen) atoms. The molecule has 108 valence electrons. The highest BCUT2D eigenvalue weighted by Gasteiger charge is 2.42. The molecule has 2 aliphatic rings. The van der Waals surface area contributed by atoms with Crippen LogP contribution in [-0.2, 0) is 4.79 Å². The molecule has 1 aliphatic carbocycles. The number of carbonyl (C=O) groups excluding carboxylic acids is 2. The van der Waals surface area contributed by atoms with Crippen molar-refractivity contribution in [3.8, 4) is 0 Å². The second-order valence-corrected chi connectivity index (χ2v) is 6.81. The van der Waals surface area contributed by atoms with Crippen LogP contribution in [0.1, 0.15) is 35.4 Å². The van der Waals surface area contributed by atoms with E-state index in [0.717, 1.165) is 30.8 Å². The smallest absolute Gasteiger partial charge is 0.223 e. The zero-order chi connectivity index (χ0) is 14.1. The predicted molar refractivity (Wildman–Crippen MR) is 78.7 cm³/mol. The third-order valence-electron chi connectivity index (χ3n) is 4.63. The zero-order valence-corrected chi connectivity index (χ0v) is 12.3. The van der Waals surface area contributed by atoms with Crippen LogP contribution in [0.2, 0.25) is 0 Å². The van der Waals surface area contributed by atoms with Crippen LogP contribution in [0.25, 0.3) is 0 Å². The lowest BCUT2D eigenvalue weighted by Gasteiger charge is -2.18. The summed E-state index contributed by atoms with van der Waals surface area (Å²) < 4.78 is 0. The van der Waals surface area contributed by atoms with Gasteiger partial charge in [-0.05, 0) is 36.1 Å². The molecule has 0 bridgehead atoms. The average molecular weight is 292 g/mol. The molecule has 5 heteroatoms. The molecule has 2 heterocycles. The molecule has 1 aliphatic heterocycles. The maximum absolute atomic E-state index is 12.2. The molecular formula is C15H20N2O2S. The molecule has 3 atom stereocenters. The first kappa shape index (κ1) is 13.8. The Kier molecular flexibility index (Phi) is 3.89. The van der Waals surface area contributed by atoms with Crippen LogP contribution in [-0.4, -0.2) is 35.7 Å². The van der Waals surface area contributed by atoms with Crippen LogP contribution >= 0.6 is 11.3 Å². The normalized spacial score (nSPS) is 28.6. The topological polar surface area (TPSA) is 63.4 Å². The van der Waals surface area contributed by atoms with E-state index in [1.165, 1.54) is 11.3 Å². The summed E-state index contributed by atoms with van der Waals surface area (Å²) in [5, 5.41) is 1.89. The maximum Gasteiger partial charge on any atom is 0.223 e. The largest absolute Gasteiger partial charge is 0.342 e. The highest BCUT2D eigenvalue weighted by Crippen LogP contribution is 2.37. The number of Topliss-reactive ketones (excluding diaryl/α,β-unsaturated/α-hetero) is 1. The Balaban J connectivity index is 1.50. The Hall–Kier alpha value is -1.20. The molecule has 1 saturated heterocycles. The van der Waals surface area contributed by atoms with E-state index in [1.54, 1.807) is 0 Å². The van der Waals surface area contributed by atoms with Gasteiger partial charge >= 0.3 is 0 Å². The first-order chi connectivity index (χ1) is 9.65. The third-order valence-corrected chi connectivity index (χ3v) is 5.54. The zero-order valence-electron chi connectivity index (χ0n) is 11.5. The number of nitrogens with zero attached hydrogens (tertiary/aromatic N) is 1. The quantitative estimate of drug-likeness (QED) is 0.862. The molecule has 0 radical (unpaired) electrons. The van der Waals surface area contributed by atoms with E-state index in [0.29, 0.717) is 24.7 Å². The molecule has 0 spiro atoms. The summed E-state index contributed by atoms with van der Waals surface area (Å²) in [6.45, 7) is 1.63. The fraction of sp³-hybridized carbons (Fsp3) is 0.600. The monoisotopic (exact) mass is 292 g/mol. The van der Waals surface area contributed by atoms with Crippen molar-refractivity contribution in [2.24, 2.45) is 17.6 Å². The van der Waals surface area contributed by atoms with Crippen molar-refractivity contribution in [3.63, 3.8) is 0 Å². The van der Waals surface area contributed by atoms with Crippen LogP contribution in [0.5, 0.6) is 0 Å². The van der Waals surface area contributed by atoms with E-state index < -0.39 is 0 Å². The number of thiophene rings is 1. The number of likely N-dealkylation sites (tertiary alicyclic amines) is 1. The number of nitrogens with two attached hydrogens (primary N) is 1. The van der Waals surface area contributed by atoms with Gasteiger partial charge in [-0.1, -0.05) is 6.07 Å². The van der Waals surface area contributed by atoms with Gasteiger partial charge < -0.3 is 10.6 Å². The number of rotatable bonds is 4. The van der Waals surface area contributed by atoms with Crippen molar-refractivity contribution in [1.29, 1.82) is 0 Å². The first-order valence-corrected chi connectivity index (χ1v) is 8.13. The van der Waals surface area contributed by atoms with Gasteiger partial charge in [0.15, 0.2) is 5.78 Å². The fourth-order valence-corrected chi connectivity index (χ4v) is 4.14. The van der Waals surface area contributed by atoms with Gasteiger partial charge in [0, 0.05) is 32.0 Å². The Morgan fingerprint density at radius 2 is 2.15 bits per heavy atom. The van der Waals surface area contributed by atoms with Gasteiger partial charge in [0.05, 0.1) is 4.88 Å². The van der Waals surface area contributed by atoms with Crippen molar-refractivity contribution < 1.29 is 9.59 Å². The maximum atomic E-state index is 12.2. The van der Waals surface area contributed by atoms with Crippen LogP contribution < -0.4 is 5.73 Å². The number of hydrogen-bond acceptors (Lipinski definition) is 4. The van der Waals surface area contributed by atoms with Gasteiger partial charge in [0.1, 0.15) is 0 Å². The van der Waals surface area contributed by atoms with Crippen LogP contribution in [0.3, 0.4) is 0 Å². The van der Waals surface area contributed by atoms with Gasteiger partial charge in [-0.15, -0.1) is 11.3 Å². The third kappa shape index (κ3) is 2.65. The van der Waals surface area contributed by atoms with Crippen molar-refractivity contribution in [2.45, 2.75) is 31.7 Å². The van der Waals surface area contributed by atoms with Crippen molar-refractivity contribution >= 4 is 23.0 Å². The van der Waals surface area contributed by atoms with Gasteiger partial charge in [-0.25, -0.2) is 0 Å². The van der Waals surface area contributed by atoms with Crippen LogP contribution in [0.4, 0.5) is 0 Å². The number of carbonyl (C=O) groups is 2. The summed E-state index contributed by atoms with van der Waals surface area (Å²) in [5.41, 5.74) is 6.08. The number of hydrogen-bond donors (Lipinski definition) is 1. The molecule has 2 fully saturated rings. The Morgan fingerprint density at radius 1 is 1.30 bits per heavy atom. The Labute approximate surface area is 122 Å². The van der Waals surface area contributed by atoms with Crippen molar-refractivity contribution in [3.05, 3.63) is 22.4 Å². The standard InChI is InChI=1S/C15H20N2O2S/c16-12-4-3-10-8-17(9-11(10)12)15(19)6-5-13(18)14-2-1-7-20-14/h1-2,7,10-12H,3-6,8-9,16H2.